The molecule has 0 saturated heterocycles. The molecule has 0 bridgehead atoms. The summed E-state index contributed by atoms with van der Waals surface area (Å²) in [6.45, 7) is 1.49. The Morgan fingerprint density at radius 1 is 1.45 bits per heavy atom. The van der Waals surface area contributed by atoms with Gasteiger partial charge < -0.3 is 5.11 Å². The summed E-state index contributed by atoms with van der Waals surface area (Å²) in [5.74, 6) is -0.822. The highest BCUT2D eigenvalue weighted by Crippen LogP contribution is 2.40. The first-order valence-electron chi connectivity index (χ1n) is 6.06. The molecule has 0 aliphatic carbocycles. The minimum Gasteiger partial charge on any atom is -0.508 e. The Hall–Kier alpha value is -1.66. The normalized spacial score (nSPS) is 14.9. The van der Waals surface area contributed by atoms with Gasteiger partial charge in [-0.2, -0.15) is 0 Å². The quantitative estimate of drug-likeness (QED) is 0.708. The average molecular weight is 382 g/mol. The van der Waals surface area contributed by atoms with E-state index in [1.165, 1.54) is 24.8 Å². The number of allylic oxidation sites excluding steroid dienone is 1. The lowest BCUT2D eigenvalue weighted by Gasteiger charge is -2.07. The zero-order valence-electron chi connectivity index (χ0n) is 10.9. The minimum absolute atomic E-state index is 0. The summed E-state index contributed by atoms with van der Waals surface area (Å²) >= 11 is 4.40. The molecule has 0 fully saturated rings. The summed E-state index contributed by atoms with van der Waals surface area (Å²) in [4.78, 5) is 16.8. The smallest absolute Gasteiger partial charge is 0.202 e. The summed E-state index contributed by atoms with van der Waals surface area (Å²) in [5, 5.41) is 10.4. The maximum Gasteiger partial charge on any atom is 0.202 e. The van der Waals surface area contributed by atoms with Gasteiger partial charge in [-0.15, -0.1) is 0 Å². The molecule has 1 aliphatic heterocycles. The van der Waals surface area contributed by atoms with Gasteiger partial charge in [-0.1, -0.05) is 19.2 Å². The van der Waals surface area contributed by atoms with Gasteiger partial charge in [0.05, 0.1) is 14.9 Å². The van der Waals surface area contributed by atoms with E-state index < -0.39 is 5.82 Å². The first kappa shape index (κ1) is 16.7. The highest BCUT2D eigenvalue weighted by atomic mass is 79.9. The molecule has 1 aliphatic rings. The predicted molar refractivity (Wildman–Crippen MR) is 89.6 cm³/mol. The van der Waals surface area contributed by atoms with Gasteiger partial charge in [0.2, 0.25) is 5.78 Å². The number of rotatable bonds is 1. The lowest BCUT2D eigenvalue weighted by atomic mass is 10.1. The third-order valence-corrected chi connectivity index (χ3v) is 5.03. The molecule has 0 amide bonds. The van der Waals surface area contributed by atoms with E-state index in [1.807, 2.05) is 0 Å². The summed E-state index contributed by atoms with van der Waals surface area (Å²) in [6, 6.07) is 4.84. The zero-order chi connectivity index (χ0) is 15.1. The van der Waals surface area contributed by atoms with E-state index in [0.717, 1.165) is 0 Å². The van der Waals surface area contributed by atoms with Crippen LogP contribution in [0.2, 0.25) is 0 Å². The van der Waals surface area contributed by atoms with Crippen molar-refractivity contribution in [2.75, 3.05) is 0 Å². The third kappa shape index (κ3) is 2.68. The monoisotopic (exact) mass is 381 g/mol. The molecule has 3 nitrogen and oxygen atoms in total. The molecule has 2 heterocycles. The SMILES string of the molecule is C.Cc1c(O)cc(/C=C2\Sc3ncccc3C2=O)c(Br)c1F. The Morgan fingerprint density at radius 3 is 2.86 bits per heavy atom. The van der Waals surface area contributed by atoms with Gasteiger partial charge in [0.15, 0.2) is 0 Å². The number of Topliss-reactive ketones (excluding diaryl/α,β-unsaturated/α-hetero) is 1. The van der Waals surface area contributed by atoms with Gasteiger partial charge in [-0.25, -0.2) is 9.37 Å². The number of aromatic hydroxyl groups is 1. The summed E-state index contributed by atoms with van der Waals surface area (Å²) < 4.78 is 14.2. The van der Waals surface area contributed by atoms with Crippen LogP contribution in [-0.4, -0.2) is 15.9 Å². The Morgan fingerprint density at radius 2 is 2.18 bits per heavy atom. The van der Waals surface area contributed by atoms with Crippen LogP contribution in [0.15, 0.2) is 38.8 Å². The number of aromatic nitrogens is 1. The van der Waals surface area contributed by atoms with E-state index in [4.69, 9.17) is 0 Å². The second-order valence-corrected chi connectivity index (χ2v) is 6.36. The molecule has 22 heavy (non-hydrogen) atoms. The van der Waals surface area contributed by atoms with Crippen molar-refractivity contribution >= 4 is 39.6 Å². The molecule has 1 aromatic heterocycles. The summed E-state index contributed by atoms with van der Waals surface area (Å²) in [5.41, 5.74) is 1.13. The van der Waals surface area contributed by atoms with Crippen LogP contribution < -0.4 is 0 Å². The molecule has 0 spiro atoms. The number of fused-ring (bicyclic) bond motifs is 1. The Balaban J connectivity index is 0.00000176. The van der Waals surface area contributed by atoms with Crippen molar-refractivity contribution in [1.29, 1.82) is 0 Å². The number of nitrogens with zero attached hydrogens (tertiary/aromatic N) is 1. The van der Waals surface area contributed by atoms with Crippen molar-refractivity contribution in [1.82, 2.24) is 4.98 Å². The van der Waals surface area contributed by atoms with Crippen LogP contribution in [-0.2, 0) is 0 Å². The highest BCUT2D eigenvalue weighted by molar-refractivity contribution is 9.10. The lowest BCUT2D eigenvalue weighted by molar-refractivity contribution is 0.104. The molecule has 3 rings (SSSR count). The van der Waals surface area contributed by atoms with Crippen LogP contribution in [0.25, 0.3) is 6.08 Å². The van der Waals surface area contributed by atoms with Gasteiger partial charge in [0.1, 0.15) is 16.6 Å². The third-order valence-electron chi connectivity index (χ3n) is 3.18. The van der Waals surface area contributed by atoms with Gasteiger partial charge in [-0.05, 0) is 52.7 Å². The number of ketones is 1. The fourth-order valence-corrected chi connectivity index (χ4v) is 3.50. The number of pyridine rings is 1. The van der Waals surface area contributed by atoms with E-state index in [9.17, 15) is 14.3 Å². The topological polar surface area (TPSA) is 50.2 Å². The standard InChI is InChI=1S/C15H9BrFNO2S.CH4/c1-7-10(19)5-8(12(16)13(7)17)6-11-14(20)9-3-2-4-18-15(9)21-11;/h2-6,19H,1H3;1H4/b11-6-;. The maximum absolute atomic E-state index is 13.9. The molecular formula is C16H13BrFNO2S. The van der Waals surface area contributed by atoms with Crippen molar-refractivity contribution < 1.29 is 14.3 Å². The van der Waals surface area contributed by atoms with Crippen LogP contribution in [0, 0.1) is 12.7 Å². The van der Waals surface area contributed by atoms with Crippen LogP contribution in [0.4, 0.5) is 4.39 Å². The van der Waals surface area contributed by atoms with Gasteiger partial charge >= 0.3 is 0 Å². The van der Waals surface area contributed by atoms with Crippen molar-refractivity contribution in [2.45, 2.75) is 19.4 Å². The molecule has 1 aromatic carbocycles. The number of benzene rings is 1. The number of thioether (sulfide) groups is 1. The van der Waals surface area contributed by atoms with E-state index in [-0.39, 0.29) is 29.0 Å². The maximum atomic E-state index is 13.9. The second-order valence-electron chi connectivity index (χ2n) is 4.53. The van der Waals surface area contributed by atoms with E-state index >= 15 is 0 Å². The fourth-order valence-electron chi connectivity index (χ4n) is 1.99. The van der Waals surface area contributed by atoms with Gasteiger partial charge in [-0.3, -0.25) is 4.79 Å². The highest BCUT2D eigenvalue weighted by Gasteiger charge is 2.27. The van der Waals surface area contributed by atoms with E-state index in [0.29, 0.717) is 21.1 Å². The average Bonchev–Trinajstić information content (AvgIpc) is 2.79. The summed E-state index contributed by atoms with van der Waals surface area (Å²) in [6.07, 6.45) is 3.18. The Labute approximate surface area is 140 Å². The van der Waals surface area contributed by atoms with Crippen molar-refractivity contribution in [3.8, 4) is 5.75 Å². The van der Waals surface area contributed by atoms with Crippen LogP contribution in [0.3, 0.4) is 0 Å². The van der Waals surface area contributed by atoms with Crippen LogP contribution in [0.5, 0.6) is 5.75 Å². The molecule has 0 radical (unpaired) electrons. The molecule has 2 aromatic rings. The van der Waals surface area contributed by atoms with E-state index in [2.05, 4.69) is 20.9 Å². The first-order valence-corrected chi connectivity index (χ1v) is 7.67. The number of hydrogen-bond donors (Lipinski definition) is 1. The van der Waals surface area contributed by atoms with Crippen LogP contribution >= 0.6 is 27.7 Å². The second kappa shape index (κ2) is 6.22. The minimum atomic E-state index is -0.534. The number of carbonyl (C=O) groups excluding carboxylic acids is 1. The molecule has 0 atom stereocenters. The molecule has 6 heteroatoms. The number of phenolic OH excluding ortho intramolecular Hbond substituents is 1. The molecular weight excluding hydrogens is 369 g/mol. The predicted octanol–water partition coefficient (Wildman–Crippen LogP) is 4.96. The Bertz CT molecular complexity index is 805. The summed E-state index contributed by atoms with van der Waals surface area (Å²) in [7, 11) is 0. The van der Waals surface area contributed by atoms with Crippen molar-refractivity contribution in [3.05, 3.63) is 56.3 Å². The zero-order valence-corrected chi connectivity index (χ0v) is 13.3. The molecule has 114 valence electrons. The first-order chi connectivity index (χ1) is 9.99. The lowest BCUT2D eigenvalue weighted by Crippen LogP contribution is -1.95. The Kier molecular flexibility index (Phi) is 4.72. The fraction of sp³-hybridized carbons (Fsp3) is 0.125. The molecule has 0 saturated carbocycles. The van der Waals surface area contributed by atoms with Gasteiger partial charge in [0, 0.05) is 11.8 Å². The van der Waals surface area contributed by atoms with Crippen molar-refractivity contribution in [2.24, 2.45) is 0 Å². The number of hydrogen-bond acceptors (Lipinski definition) is 4. The number of halogens is 2. The van der Waals surface area contributed by atoms with Crippen molar-refractivity contribution in [3.63, 3.8) is 0 Å². The van der Waals surface area contributed by atoms with E-state index in [1.54, 1.807) is 24.4 Å². The molecule has 1 N–H and O–H groups in total. The van der Waals surface area contributed by atoms with Gasteiger partial charge in [0.25, 0.3) is 0 Å². The largest absolute Gasteiger partial charge is 0.508 e. The molecule has 0 unspecified atom stereocenters. The van der Waals surface area contributed by atoms with Crippen LogP contribution in [0.1, 0.15) is 28.9 Å². The number of phenols is 1. The number of carbonyl (C=O) groups is 1.